The molecule has 0 radical (unpaired) electrons. The van der Waals surface area contributed by atoms with Gasteiger partial charge in [0.25, 0.3) is 18.8 Å². The van der Waals surface area contributed by atoms with Gasteiger partial charge in [0.15, 0.2) is 6.29 Å². The summed E-state index contributed by atoms with van der Waals surface area (Å²) in [5, 5.41) is 4.85. The molecule has 1 aromatic carbocycles. The molecule has 1 saturated carbocycles. The van der Waals surface area contributed by atoms with Crippen LogP contribution >= 0.6 is 0 Å². The number of alkyl halides is 5. The largest absolute Gasteiger partial charge is 0.467 e. The fourth-order valence-electron chi connectivity index (χ4n) is 3.94. The lowest BCUT2D eigenvalue weighted by atomic mass is 10.0. The van der Waals surface area contributed by atoms with Crippen LogP contribution in [0.15, 0.2) is 18.2 Å². The topological polar surface area (TPSA) is 94.6 Å². The minimum absolute atomic E-state index is 0.00844. The normalized spacial score (nSPS) is 18.6. The summed E-state index contributed by atoms with van der Waals surface area (Å²) in [5.41, 5.74) is -3.50. The van der Waals surface area contributed by atoms with Gasteiger partial charge in [-0.2, -0.15) is 9.97 Å². The molecule has 1 saturated heterocycles. The van der Waals surface area contributed by atoms with Gasteiger partial charge in [-0.3, -0.25) is 4.79 Å². The van der Waals surface area contributed by atoms with Crippen molar-refractivity contribution in [2.45, 2.75) is 56.7 Å². The first-order valence-electron chi connectivity index (χ1n) is 11.3. The number of carbonyl (C=O) groups excluding carboxylic acids is 1. The van der Waals surface area contributed by atoms with E-state index >= 15 is 4.39 Å². The Balaban J connectivity index is 1.73. The molecule has 202 valence electrons. The predicted octanol–water partition coefficient (Wildman–Crippen LogP) is 4.70. The summed E-state index contributed by atoms with van der Waals surface area (Å²) in [4.78, 5) is 20.7. The maximum Gasteiger partial charge on any atom is 0.318 e. The molecule has 2 unspecified atom stereocenters. The lowest BCUT2D eigenvalue weighted by Crippen LogP contribution is -2.44. The summed E-state index contributed by atoms with van der Waals surface area (Å²) in [7, 11) is 1.17. The van der Waals surface area contributed by atoms with Crippen molar-refractivity contribution >= 4 is 11.7 Å². The van der Waals surface area contributed by atoms with Gasteiger partial charge in [0.2, 0.25) is 6.17 Å². The molecule has 1 aromatic heterocycles. The number of hydrogen-bond donors (Lipinski definition) is 2. The van der Waals surface area contributed by atoms with E-state index in [1.807, 2.05) is 5.32 Å². The number of nitrogens with one attached hydrogen (secondary N) is 2. The van der Waals surface area contributed by atoms with Gasteiger partial charge < -0.3 is 24.8 Å². The molecule has 0 bridgehead atoms. The molecule has 2 aliphatic rings. The average molecular weight is 534 g/mol. The van der Waals surface area contributed by atoms with E-state index in [1.54, 1.807) is 0 Å². The second-order valence-electron chi connectivity index (χ2n) is 8.66. The number of carbonyl (C=O) groups is 1. The van der Waals surface area contributed by atoms with E-state index in [2.05, 4.69) is 15.3 Å². The summed E-state index contributed by atoms with van der Waals surface area (Å²) in [6.07, 6.45) is -9.77. The van der Waals surface area contributed by atoms with E-state index < -0.39 is 65.9 Å². The number of ether oxygens (including phenoxy) is 3. The summed E-state index contributed by atoms with van der Waals surface area (Å²) in [6, 6.07) is 2.09. The summed E-state index contributed by atoms with van der Waals surface area (Å²) >= 11 is 0. The van der Waals surface area contributed by atoms with Gasteiger partial charge in [-0.1, -0.05) is 18.2 Å². The highest BCUT2D eigenvalue weighted by molar-refractivity contribution is 5.83. The van der Waals surface area contributed by atoms with Crippen LogP contribution in [0.1, 0.15) is 67.1 Å². The number of hydrogen-bond acceptors (Lipinski definition) is 7. The molecule has 1 amide bonds. The van der Waals surface area contributed by atoms with Crippen LogP contribution in [0.3, 0.4) is 0 Å². The van der Waals surface area contributed by atoms with E-state index in [-0.39, 0.29) is 43.0 Å². The number of anilines is 1. The molecule has 14 heteroatoms. The van der Waals surface area contributed by atoms with Gasteiger partial charge in [-0.05, 0) is 19.8 Å². The third-order valence-corrected chi connectivity index (χ3v) is 6.16. The zero-order valence-corrected chi connectivity index (χ0v) is 19.7. The molecule has 2 atom stereocenters. The lowest BCUT2D eigenvalue weighted by Gasteiger charge is -2.24. The van der Waals surface area contributed by atoms with E-state index in [9.17, 15) is 26.7 Å². The summed E-state index contributed by atoms with van der Waals surface area (Å²) < 4.78 is 99.3. The van der Waals surface area contributed by atoms with Crippen molar-refractivity contribution in [2.24, 2.45) is 0 Å². The molecule has 1 aliphatic carbocycles. The quantitative estimate of drug-likeness (QED) is 0.427. The fourth-order valence-corrected chi connectivity index (χ4v) is 3.94. The van der Waals surface area contributed by atoms with Crippen molar-refractivity contribution < 1.29 is 45.3 Å². The van der Waals surface area contributed by atoms with Crippen LogP contribution in [0.4, 0.5) is 32.2 Å². The first-order chi connectivity index (χ1) is 17.6. The Kier molecular flexibility index (Phi) is 7.78. The second-order valence-corrected chi connectivity index (χ2v) is 8.66. The number of aromatic nitrogens is 2. The van der Waals surface area contributed by atoms with Crippen molar-refractivity contribution in [3.05, 3.63) is 46.4 Å². The molecule has 2 heterocycles. The smallest absolute Gasteiger partial charge is 0.318 e. The van der Waals surface area contributed by atoms with E-state index in [1.165, 1.54) is 26.2 Å². The van der Waals surface area contributed by atoms with Crippen molar-refractivity contribution in [3.63, 3.8) is 0 Å². The number of halogens is 6. The number of amides is 1. The molecule has 37 heavy (non-hydrogen) atoms. The van der Waals surface area contributed by atoms with E-state index in [0.717, 1.165) is 6.07 Å². The van der Waals surface area contributed by atoms with Gasteiger partial charge in [0.1, 0.15) is 22.9 Å². The third kappa shape index (κ3) is 5.44. The van der Waals surface area contributed by atoms with E-state index in [0.29, 0.717) is 0 Å². The van der Waals surface area contributed by atoms with Crippen molar-refractivity contribution in [3.8, 4) is 6.01 Å². The van der Waals surface area contributed by atoms with Crippen LogP contribution in [0.2, 0.25) is 0 Å². The van der Waals surface area contributed by atoms with Crippen LogP contribution in [-0.2, 0) is 14.3 Å². The van der Waals surface area contributed by atoms with Crippen LogP contribution < -0.4 is 15.4 Å². The molecule has 2 fully saturated rings. The molecular formula is C23H24F6N4O4. The highest BCUT2D eigenvalue weighted by Gasteiger charge is 2.53. The van der Waals surface area contributed by atoms with Gasteiger partial charge in [-0.25, -0.2) is 26.3 Å². The number of benzene rings is 1. The van der Waals surface area contributed by atoms with Crippen molar-refractivity contribution in [1.29, 1.82) is 0 Å². The van der Waals surface area contributed by atoms with Gasteiger partial charge >= 0.3 is 6.01 Å². The number of methoxy groups -OCH3 is 1. The van der Waals surface area contributed by atoms with Crippen molar-refractivity contribution in [1.82, 2.24) is 15.3 Å². The van der Waals surface area contributed by atoms with Gasteiger partial charge in [-0.15, -0.1) is 0 Å². The SMILES string of the molecule is COc1nc(NC(C)c2cccc(C(F)F)c2F)c(C2OCCO2)c(C(F)C(=O)NC2(C(F)F)CC2)n1. The number of nitrogens with zero attached hydrogens (tertiary/aromatic N) is 2. The molecule has 8 nitrogen and oxygen atoms in total. The minimum Gasteiger partial charge on any atom is -0.467 e. The van der Waals surface area contributed by atoms with E-state index in [4.69, 9.17) is 14.2 Å². The molecule has 2 N–H and O–H groups in total. The average Bonchev–Trinajstić information content (AvgIpc) is 3.45. The van der Waals surface area contributed by atoms with Crippen LogP contribution in [0, 0.1) is 5.82 Å². The Morgan fingerprint density at radius 1 is 1.11 bits per heavy atom. The standard InChI is InChI=1S/C23H24F6N4O4/c1-10(11-4-3-5-12(14(11)24)17(26)27)30-18-13(20-36-8-9-37-20)16(31-22(32-18)35-2)15(25)19(34)33-23(6-7-23)21(28)29/h3-5,10,15,17,20-21H,6-9H2,1-2H3,(H,33,34)(H,30,31,32). The highest BCUT2D eigenvalue weighted by atomic mass is 19.3. The van der Waals surface area contributed by atoms with Gasteiger partial charge in [0.05, 0.1) is 37.5 Å². The zero-order valence-electron chi connectivity index (χ0n) is 19.7. The van der Waals surface area contributed by atoms with Gasteiger partial charge in [0, 0.05) is 5.56 Å². The second kappa shape index (κ2) is 10.7. The molecule has 1 aliphatic heterocycles. The molecule has 2 aromatic rings. The minimum atomic E-state index is -3.05. The fraction of sp³-hybridized carbons (Fsp3) is 0.522. The van der Waals surface area contributed by atoms with Crippen molar-refractivity contribution in [2.75, 3.05) is 25.6 Å². The highest BCUT2D eigenvalue weighted by Crippen LogP contribution is 2.43. The monoisotopic (exact) mass is 534 g/mol. The zero-order chi connectivity index (χ0) is 26.9. The van der Waals surface area contributed by atoms with Crippen LogP contribution in [-0.4, -0.2) is 48.2 Å². The lowest BCUT2D eigenvalue weighted by molar-refractivity contribution is -0.129. The Labute approximate surface area is 207 Å². The van der Waals surface area contributed by atoms with Crippen LogP contribution in [0.25, 0.3) is 0 Å². The molecule has 0 spiro atoms. The third-order valence-electron chi connectivity index (χ3n) is 6.16. The molecular weight excluding hydrogens is 510 g/mol. The molecule has 4 rings (SSSR count). The predicted molar refractivity (Wildman–Crippen MR) is 117 cm³/mol. The Morgan fingerprint density at radius 3 is 2.32 bits per heavy atom. The number of rotatable bonds is 10. The first-order valence-corrected chi connectivity index (χ1v) is 11.3. The maximum absolute atomic E-state index is 15.5. The van der Waals surface area contributed by atoms with Crippen LogP contribution in [0.5, 0.6) is 6.01 Å². The summed E-state index contributed by atoms with van der Waals surface area (Å²) in [6.45, 7) is 1.66. The summed E-state index contributed by atoms with van der Waals surface area (Å²) in [5.74, 6) is -2.68. The Hall–Kier alpha value is -3.13. The Morgan fingerprint density at radius 2 is 1.76 bits per heavy atom. The maximum atomic E-state index is 15.5. The first kappa shape index (κ1) is 26.9. The Bertz CT molecular complexity index is 1140.